The largest absolute Gasteiger partial charge is 0.493 e. The number of hydrogen-bond acceptors (Lipinski definition) is 4. The monoisotopic (exact) mass is 274 g/mol. The van der Waals surface area contributed by atoms with E-state index in [1.807, 2.05) is 12.1 Å². The Labute approximate surface area is 110 Å². The van der Waals surface area contributed by atoms with Crippen LogP contribution in [0.3, 0.4) is 0 Å². The standard InChI is InChI=1S/C12H15ClO3S/c1-2-15-12(14)9-17-8-7-16-11-5-3-10(13)4-6-11/h3-6H,2,7-9H2,1H3. The summed E-state index contributed by atoms with van der Waals surface area (Å²) in [4.78, 5) is 11.0. The Morgan fingerprint density at radius 3 is 2.71 bits per heavy atom. The molecule has 1 rings (SSSR count). The van der Waals surface area contributed by atoms with Crippen LogP contribution < -0.4 is 4.74 Å². The first-order valence-electron chi connectivity index (χ1n) is 5.34. The van der Waals surface area contributed by atoms with Gasteiger partial charge in [0.15, 0.2) is 0 Å². The smallest absolute Gasteiger partial charge is 0.315 e. The molecule has 0 saturated carbocycles. The molecule has 0 aliphatic rings. The molecule has 0 heterocycles. The normalized spacial score (nSPS) is 10.0. The van der Waals surface area contributed by atoms with Crippen LogP contribution in [0.5, 0.6) is 5.75 Å². The zero-order chi connectivity index (χ0) is 12.5. The predicted molar refractivity (Wildman–Crippen MR) is 70.9 cm³/mol. The molecule has 0 radical (unpaired) electrons. The van der Waals surface area contributed by atoms with Gasteiger partial charge in [-0.2, -0.15) is 0 Å². The fourth-order valence-electron chi connectivity index (χ4n) is 1.11. The number of carbonyl (C=O) groups excluding carboxylic acids is 1. The fourth-order valence-corrected chi connectivity index (χ4v) is 1.83. The molecule has 1 aromatic rings. The van der Waals surface area contributed by atoms with Gasteiger partial charge in [-0.15, -0.1) is 11.8 Å². The highest BCUT2D eigenvalue weighted by Gasteiger charge is 2.01. The number of benzene rings is 1. The molecule has 0 aliphatic carbocycles. The van der Waals surface area contributed by atoms with Crippen LogP contribution >= 0.6 is 23.4 Å². The molecule has 17 heavy (non-hydrogen) atoms. The lowest BCUT2D eigenvalue weighted by Crippen LogP contribution is -2.09. The lowest BCUT2D eigenvalue weighted by molar-refractivity contribution is -0.139. The highest BCUT2D eigenvalue weighted by molar-refractivity contribution is 7.99. The Bertz CT molecular complexity index is 340. The van der Waals surface area contributed by atoms with E-state index in [0.717, 1.165) is 11.5 Å². The van der Waals surface area contributed by atoms with Gasteiger partial charge in [0.2, 0.25) is 0 Å². The summed E-state index contributed by atoms with van der Waals surface area (Å²) in [5.41, 5.74) is 0. The highest BCUT2D eigenvalue weighted by atomic mass is 35.5. The van der Waals surface area contributed by atoms with E-state index in [0.29, 0.717) is 24.0 Å². The van der Waals surface area contributed by atoms with Crippen LogP contribution in [-0.4, -0.2) is 30.7 Å². The van der Waals surface area contributed by atoms with Crippen molar-refractivity contribution in [3.8, 4) is 5.75 Å². The van der Waals surface area contributed by atoms with Crippen molar-refractivity contribution in [1.29, 1.82) is 0 Å². The van der Waals surface area contributed by atoms with E-state index in [-0.39, 0.29) is 5.97 Å². The zero-order valence-corrected chi connectivity index (χ0v) is 11.2. The van der Waals surface area contributed by atoms with E-state index in [1.165, 1.54) is 11.8 Å². The van der Waals surface area contributed by atoms with Gasteiger partial charge < -0.3 is 9.47 Å². The van der Waals surface area contributed by atoms with Gasteiger partial charge in [-0.05, 0) is 31.2 Å². The van der Waals surface area contributed by atoms with Crippen molar-refractivity contribution < 1.29 is 14.3 Å². The van der Waals surface area contributed by atoms with Crippen molar-refractivity contribution in [3.63, 3.8) is 0 Å². The Morgan fingerprint density at radius 1 is 1.35 bits per heavy atom. The molecule has 0 bridgehead atoms. The van der Waals surface area contributed by atoms with Crippen LogP contribution in [0.25, 0.3) is 0 Å². The van der Waals surface area contributed by atoms with E-state index in [2.05, 4.69) is 0 Å². The fraction of sp³-hybridized carbons (Fsp3) is 0.417. The lowest BCUT2D eigenvalue weighted by atomic mass is 10.3. The summed E-state index contributed by atoms with van der Waals surface area (Å²) in [6.45, 7) is 2.79. The van der Waals surface area contributed by atoms with Crippen LogP contribution in [0.4, 0.5) is 0 Å². The summed E-state index contributed by atoms with van der Waals surface area (Å²) in [7, 11) is 0. The number of thioether (sulfide) groups is 1. The summed E-state index contributed by atoms with van der Waals surface area (Å²) in [5, 5.41) is 0.689. The van der Waals surface area contributed by atoms with Crippen LogP contribution in [0.15, 0.2) is 24.3 Å². The quantitative estimate of drug-likeness (QED) is 0.566. The molecule has 5 heteroatoms. The van der Waals surface area contributed by atoms with Crippen molar-refractivity contribution in [2.45, 2.75) is 6.92 Å². The van der Waals surface area contributed by atoms with Gasteiger partial charge in [0.05, 0.1) is 19.0 Å². The minimum absolute atomic E-state index is 0.177. The molecule has 0 fully saturated rings. The molecular formula is C12H15ClO3S. The van der Waals surface area contributed by atoms with Gasteiger partial charge in [0, 0.05) is 10.8 Å². The summed E-state index contributed by atoms with van der Waals surface area (Å²) >= 11 is 7.25. The van der Waals surface area contributed by atoms with Crippen molar-refractivity contribution in [1.82, 2.24) is 0 Å². The second-order valence-electron chi connectivity index (χ2n) is 3.16. The van der Waals surface area contributed by atoms with Gasteiger partial charge in [0.1, 0.15) is 5.75 Å². The van der Waals surface area contributed by atoms with E-state index >= 15 is 0 Å². The summed E-state index contributed by atoms with van der Waals surface area (Å²) in [5.74, 6) is 1.73. The number of hydrogen-bond donors (Lipinski definition) is 0. The molecule has 0 aromatic heterocycles. The zero-order valence-electron chi connectivity index (χ0n) is 9.65. The molecule has 1 aromatic carbocycles. The first-order chi connectivity index (χ1) is 8.22. The average Bonchev–Trinajstić information content (AvgIpc) is 2.31. The number of halogens is 1. The van der Waals surface area contributed by atoms with Crippen LogP contribution in [0, 0.1) is 0 Å². The molecule has 0 N–H and O–H groups in total. The SMILES string of the molecule is CCOC(=O)CSCCOc1ccc(Cl)cc1. The first-order valence-corrected chi connectivity index (χ1v) is 6.87. The van der Waals surface area contributed by atoms with Gasteiger partial charge in [-0.1, -0.05) is 11.6 Å². The van der Waals surface area contributed by atoms with E-state index < -0.39 is 0 Å². The average molecular weight is 275 g/mol. The van der Waals surface area contributed by atoms with Crippen molar-refractivity contribution in [2.75, 3.05) is 24.7 Å². The molecule has 0 amide bonds. The van der Waals surface area contributed by atoms with Crippen molar-refractivity contribution in [2.24, 2.45) is 0 Å². The molecular weight excluding hydrogens is 260 g/mol. The Balaban J connectivity index is 2.08. The summed E-state index contributed by atoms with van der Waals surface area (Å²) in [6.07, 6.45) is 0. The Hall–Kier alpha value is -0.870. The molecule has 94 valence electrons. The second-order valence-corrected chi connectivity index (χ2v) is 4.70. The number of rotatable bonds is 7. The maximum atomic E-state index is 11.0. The first kappa shape index (κ1) is 14.2. The van der Waals surface area contributed by atoms with E-state index in [1.54, 1.807) is 19.1 Å². The van der Waals surface area contributed by atoms with Gasteiger partial charge >= 0.3 is 5.97 Å². The molecule has 0 saturated heterocycles. The number of carbonyl (C=O) groups is 1. The van der Waals surface area contributed by atoms with Crippen LogP contribution in [0.2, 0.25) is 5.02 Å². The minimum Gasteiger partial charge on any atom is -0.493 e. The minimum atomic E-state index is -0.177. The molecule has 0 unspecified atom stereocenters. The van der Waals surface area contributed by atoms with Gasteiger partial charge in [0.25, 0.3) is 0 Å². The second kappa shape index (κ2) is 8.25. The highest BCUT2D eigenvalue weighted by Crippen LogP contribution is 2.15. The van der Waals surface area contributed by atoms with Crippen LogP contribution in [-0.2, 0) is 9.53 Å². The summed E-state index contributed by atoms with van der Waals surface area (Å²) in [6, 6.07) is 7.20. The van der Waals surface area contributed by atoms with Gasteiger partial charge in [-0.3, -0.25) is 4.79 Å². The molecule has 3 nitrogen and oxygen atoms in total. The van der Waals surface area contributed by atoms with E-state index in [4.69, 9.17) is 21.1 Å². The maximum absolute atomic E-state index is 11.0. The topological polar surface area (TPSA) is 35.5 Å². The number of ether oxygens (including phenoxy) is 2. The molecule has 0 aliphatic heterocycles. The lowest BCUT2D eigenvalue weighted by Gasteiger charge is -2.05. The van der Waals surface area contributed by atoms with E-state index in [9.17, 15) is 4.79 Å². The molecule has 0 atom stereocenters. The van der Waals surface area contributed by atoms with Crippen molar-refractivity contribution >= 4 is 29.3 Å². The maximum Gasteiger partial charge on any atom is 0.315 e. The number of esters is 1. The Kier molecular flexibility index (Phi) is 6.89. The Morgan fingerprint density at radius 2 is 2.06 bits per heavy atom. The summed E-state index contributed by atoms with van der Waals surface area (Å²) < 4.78 is 10.3. The third kappa shape index (κ3) is 6.44. The van der Waals surface area contributed by atoms with Crippen molar-refractivity contribution in [3.05, 3.63) is 29.3 Å². The van der Waals surface area contributed by atoms with Gasteiger partial charge in [-0.25, -0.2) is 0 Å². The third-order valence-electron chi connectivity index (χ3n) is 1.84. The predicted octanol–water partition coefficient (Wildman–Crippen LogP) is 3.02. The third-order valence-corrected chi connectivity index (χ3v) is 2.98. The van der Waals surface area contributed by atoms with Crippen LogP contribution in [0.1, 0.15) is 6.92 Å². The molecule has 0 spiro atoms.